The summed E-state index contributed by atoms with van der Waals surface area (Å²) >= 11 is 0. The van der Waals surface area contributed by atoms with Crippen LogP contribution >= 0.6 is 0 Å². The molecule has 0 saturated carbocycles. The number of hydrogen-bond acceptors (Lipinski definition) is 6. The van der Waals surface area contributed by atoms with E-state index in [0.717, 1.165) is 11.1 Å². The molecule has 1 aliphatic rings. The second-order valence-corrected chi connectivity index (χ2v) is 8.48. The highest BCUT2D eigenvalue weighted by molar-refractivity contribution is 5.65. The average molecular weight is 502 g/mol. The summed E-state index contributed by atoms with van der Waals surface area (Å²) in [6.07, 6.45) is -4.03. The number of aliphatic hydroxyl groups is 3. The van der Waals surface area contributed by atoms with E-state index < -0.39 is 36.6 Å². The van der Waals surface area contributed by atoms with Gasteiger partial charge in [-0.25, -0.2) is 4.98 Å². The summed E-state index contributed by atoms with van der Waals surface area (Å²) in [7, 11) is 0. The van der Waals surface area contributed by atoms with Gasteiger partial charge in [0.2, 0.25) is 5.60 Å². The van der Waals surface area contributed by atoms with E-state index in [9.17, 15) is 28.5 Å². The minimum atomic E-state index is -4.87. The molecule has 190 valence electrons. The standard InChI is InChI=1S/C26H25F3N2O5/c1-17(33)24-30-12-13-31(24)21(14-32)9-4-18-2-5-19(6-3-18)20-7-10-22(11-8-20)36-23-15-35-16-25(23,34)26(27,28)29/h2-3,5-8,10-13,17,21,23,32-34H,14-16H2,1H3/t17-,21-,23?,25?/m0/s1. The molecular weight excluding hydrogens is 477 g/mol. The number of hydrogen-bond donors (Lipinski definition) is 3. The van der Waals surface area contributed by atoms with Crippen LogP contribution in [-0.4, -0.2) is 62.6 Å². The van der Waals surface area contributed by atoms with Gasteiger partial charge in [-0.05, 0) is 42.3 Å². The molecular formula is C26H25F3N2O5. The zero-order chi connectivity index (χ0) is 25.9. The second kappa shape index (κ2) is 10.3. The highest BCUT2D eigenvalue weighted by atomic mass is 19.4. The number of alkyl halides is 3. The van der Waals surface area contributed by atoms with E-state index in [-0.39, 0.29) is 19.0 Å². The zero-order valence-electron chi connectivity index (χ0n) is 19.3. The number of aromatic nitrogens is 2. The van der Waals surface area contributed by atoms with Gasteiger partial charge in [-0.1, -0.05) is 36.1 Å². The molecule has 1 aliphatic heterocycles. The van der Waals surface area contributed by atoms with Gasteiger partial charge in [0.15, 0.2) is 6.10 Å². The average Bonchev–Trinajstić information content (AvgIpc) is 3.48. The van der Waals surface area contributed by atoms with Crippen LogP contribution < -0.4 is 4.74 Å². The Morgan fingerprint density at radius 1 is 1.17 bits per heavy atom. The number of nitrogens with zero attached hydrogens (tertiary/aromatic N) is 2. The molecule has 4 atom stereocenters. The summed E-state index contributed by atoms with van der Waals surface area (Å²) in [5.41, 5.74) is -0.673. The van der Waals surface area contributed by atoms with E-state index in [1.54, 1.807) is 29.8 Å². The quantitative estimate of drug-likeness (QED) is 0.448. The third-order valence-corrected chi connectivity index (χ3v) is 5.93. The molecule has 10 heteroatoms. The number of rotatable bonds is 6. The van der Waals surface area contributed by atoms with Crippen molar-refractivity contribution in [3.8, 4) is 28.7 Å². The SMILES string of the molecule is C[C@H](O)c1nccn1[C@@H](C#Cc1ccc(-c2ccc(OC3COCC3(O)C(F)(F)F)cc2)cc1)CO. The van der Waals surface area contributed by atoms with Crippen molar-refractivity contribution >= 4 is 0 Å². The molecule has 3 N–H and O–H groups in total. The Kier molecular flexibility index (Phi) is 7.38. The van der Waals surface area contributed by atoms with Crippen LogP contribution in [0.4, 0.5) is 13.2 Å². The maximum Gasteiger partial charge on any atom is 0.423 e. The van der Waals surface area contributed by atoms with E-state index in [1.807, 2.05) is 24.3 Å². The molecule has 0 amide bonds. The second-order valence-electron chi connectivity index (χ2n) is 8.48. The summed E-state index contributed by atoms with van der Waals surface area (Å²) in [5, 5.41) is 29.5. The third-order valence-electron chi connectivity index (χ3n) is 5.93. The highest BCUT2D eigenvalue weighted by Crippen LogP contribution is 2.39. The first kappa shape index (κ1) is 25.7. The van der Waals surface area contributed by atoms with Gasteiger partial charge in [0.05, 0.1) is 19.8 Å². The van der Waals surface area contributed by atoms with Crippen LogP contribution in [0.3, 0.4) is 0 Å². The van der Waals surface area contributed by atoms with Crippen LogP contribution in [0.25, 0.3) is 11.1 Å². The number of imidazole rings is 1. The van der Waals surface area contributed by atoms with Crippen molar-refractivity contribution < 1.29 is 38.0 Å². The van der Waals surface area contributed by atoms with Crippen LogP contribution in [0.5, 0.6) is 5.75 Å². The molecule has 0 spiro atoms. The fraction of sp³-hybridized carbons (Fsp3) is 0.346. The molecule has 0 aliphatic carbocycles. The first-order chi connectivity index (χ1) is 17.1. The van der Waals surface area contributed by atoms with Gasteiger partial charge in [0, 0.05) is 18.0 Å². The molecule has 1 fully saturated rings. The monoisotopic (exact) mass is 502 g/mol. The lowest BCUT2D eigenvalue weighted by Crippen LogP contribution is -2.56. The van der Waals surface area contributed by atoms with Gasteiger partial charge in [-0.15, -0.1) is 0 Å². The summed E-state index contributed by atoms with van der Waals surface area (Å²) in [6.45, 7) is 0.114. The summed E-state index contributed by atoms with van der Waals surface area (Å²) in [4.78, 5) is 4.09. The van der Waals surface area contributed by atoms with Crippen molar-refractivity contribution in [2.45, 2.75) is 37.0 Å². The fourth-order valence-corrected chi connectivity index (χ4v) is 3.87. The molecule has 4 rings (SSSR count). The van der Waals surface area contributed by atoms with Gasteiger partial charge in [0.1, 0.15) is 23.7 Å². The van der Waals surface area contributed by atoms with Gasteiger partial charge in [0.25, 0.3) is 0 Å². The summed E-state index contributed by atoms with van der Waals surface area (Å²) in [5.74, 6) is 6.59. The molecule has 36 heavy (non-hydrogen) atoms. The van der Waals surface area contributed by atoms with Crippen molar-refractivity contribution in [1.29, 1.82) is 0 Å². The van der Waals surface area contributed by atoms with Crippen LogP contribution in [0.2, 0.25) is 0 Å². The Hall–Kier alpha value is -3.36. The van der Waals surface area contributed by atoms with E-state index in [2.05, 4.69) is 16.8 Å². The Morgan fingerprint density at radius 2 is 1.81 bits per heavy atom. The zero-order valence-corrected chi connectivity index (χ0v) is 19.3. The van der Waals surface area contributed by atoms with Crippen LogP contribution in [-0.2, 0) is 4.74 Å². The molecule has 0 bridgehead atoms. The molecule has 2 unspecified atom stereocenters. The number of halogens is 3. The minimum Gasteiger partial charge on any atom is -0.485 e. The first-order valence-electron chi connectivity index (χ1n) is 11.2. The normalized spacial score (nSPS) is 21.5. The lowest BCUT2D eigenvalue weighted by Gasteiger charge is -2.30. The predicted octanol–water partition coefficient (Wildman–Crippen LogP) is 3.26. The molecule has 2 heterocycles. The van der Waals surface area contributed by atoms with Crippen LogP contribution in [0.15, 0.2) is 60.9 Å². The predicted molar refractivity (Wildman–Crippen MR) is 124 cm³/mol. The van der Waals surface area contributed by atoms with Gasteiger partial charge >= 0.3 is 6.18 Å². The van der Waals surface area contributed by atoms with Crippen LogP contribution in [0.1, 0.15) is 30.5 Å². The molecule has 1 saturated heterocycles. The van der Waals surface area contributed by atoms with E-state index in [0.29, 0.717) is 11.4 Å². The summed E-state index contributed by atoms with van der Waals surface area (Å²) in [6, 6.07) is 13.2. The smallest absolute Gasteiger partial charge is 0.423 e. The van der Waals surface area contributed by atoms with Crippen molar-refractivity contribution in [2.75, 3.05) is 19.8 Å². The van der Waals surface area contributed by atoms with E-state index in [1.165, 1.54) is 18.3 Å². The first-order valence-corrected chi connectivity index (χ1v) is 11.2. The van der Waals surface area contributed by atoms with Crippen molar-refractivity contribution in [3.05, 3.63) is 72.3 Å². The van der Waals surface area contributed by atoms with E-state index in [4.69, 9.17) is 9.47 Å². The molecule has 1 aromatic heterocycles. The van der Waals surface area contributed by atoms with Crippen LogP contribution in [0, 0.1) is 11.8 Å². The lowest BCUT2D eigenvalue weighted by molar-refractivity contribution is -0.275. The number of aliphatic hydroxyl groups excluding tert-OH is 2. The maximum atomic E-state index is 13.2. The number of benzene rings is 2. The molecule has 2 aromatic carbocycles. The Bertz CT molecular complexity index is 1230. The summed E-state index contributed by atoms with van der Waals surface area (Å²) < 4.78 is 51.5. The Labute approximate surface area is 205 Å². The number of ether oxygens (including phenoxy) is 2. The van der Waals surface area contributed by atoms with E-state index >= 15 is 0 Å². The molecule has 7 nitrogen and oxygen atoms in total. The third kappa shape index (κ3) is 5.24. The largest absolute Gasteiger partial charge is 0.485 e. The lowest BCUT2D eigenvalue weighted by atomic mass is 9.99. The molecule has 3 aromatic rings. The Balaban J connectivity index is 1.44. The van der Waals surface area contributed by atoms with Crippen molar-refractivity contribution in [1.82, 2.24) is 9.55 Å². The van der Waals surface area contributed by atoms with Gasteiger partial charge in [-0.3, -0.25) is 0 Å². The fourth-order valence-electron chi connectivity index (χ4n) is 3.87. The Morgan fingerprint density at radius 3 is 2.39 bits per heavy atom. The minimum absolute atomic E-state index is 0.186. The topological polar surface area (TPSA) is 97.0 Å². The highest BCUT2D eigenvalue weighted by Gasteiger charge is 2.63. The van der Waals surface area contributed by atoms with Crippen molar-refractivity contribution in [2.24, 2.45) is 0 Å². The molecule has 0 radical (unpaired) electrons. The van der Waals surface area contributed by atoms with Gasteiger partial charge in [-0.2, -0.15) is 13.2 Å². The maximum absolute atomic E-state index is 13.2. The van der Waals surface area contributed by atoms with Crippen molar-refractivity contribution in [3.63, 3.8) is 0 Å². The van der Waals surface area contributed by atoms with Gasteiger partial charge < -0.3 is 29.4 Å².